The van der Waals surface area contributed by atoms with Gasteiger partial charge in [0.15, 0.2) is 5.13 Å². The molecule has 0 aliphatic heterocycles. The van der Waals surface area contributed by atoms with Gasteiger partial charge in [0, 0.05) is 5.38 Å². The van der Waals surface area contributed by atoms with Gasteiger partial charge in [-0.25, -0.2) is 9.78 Å². The number of hydrogen-bond acceptors (Lipinski definition) is 7. The molecule has 1 fully saturated rings. The molecule has 0 amide bonds. The monoisotopic (exact) mass is 353 g/mol. The lowest BCUT2D eigenvalue weighted by molar-refractivity contribution is -0.135. The van der Waals surface area contributed by atoms with Crippen molar-refractivity contribution in [2.24, 2.45) is 16.5 Å². The maximum absolute atomic E-state index is 12.1. The highest BCUT2D eigenvalue weighted by Crippen LogP contribution is 2.38. The lowest BCUT2D eigenvalue weighted by Gasteiger charge is -2.36. The van der Waals surface area contributed by atoms with Crippen molar-refractivity contribution in [3.8, 4) is 0 Å². The fourth-order valence-corrected chi connectivity index (χ4v) is 3.49. The Morgan fingerprint density at radius 1 is 1.38 bits per heavy atom. The number of oxime groups is 1. The van der Waals surface area contributed by atoms with Crippen LogP contribution in [0.3, 0.4) is 0 Å². The van der Waals surface area contributed by atoms with E-state index in [1.807, 2.05) is 0 Å². The van der Waals surface area contributed by atoms with Crippen molar-refractivity contribution in [2.45, 2.75) is 59.5 Å². The fraction of sp³-hybridized carbons (Fsp3) is 0.706. The van der Waals surface area contributed by atoms with Gasteiger partial charge in [0.05, 0.1) is 6.61 Å². The molecule has 0 radical (unpaired) electrons. The van der Waals surface area contributed by atoms with E-state index < -0.39 is 5.97 Å². The summed E-state index contributed by atoms with van der Waals surface area (Å²) in [6, 6.07) is 0. The van der Waals surface area contributed by atoms with Gasteiger partial charge in [-0.05, 0) is 43.9 Å². The predicted molar refractivity (Wildman–Crippen MR) is 96.0 cm³/mol. The van der Waals surface area contributed by atoms with Gasteiger partial charge in [-0.1, -0.05) is 25.9 Å². The largest absolute Gasteiger partial charge is 0.461 e. The summed E-state index contributed by atoms with van der Waals surface area (Å²) in [5, 5.41) is 6.14. The standard InChI is InChI=1S/C17H27N3O3S/c1-5-22-15(21)14(13-10-24-16(18)19-13)20-23-12-8-6-11(7-9-12)17(2,3)4/h10-12H,5-9H2,1-4H3,(H2,18,19)/b20-14-. The van der Waals surface area contributed by atoms with Crippen molar-refractivity contribution in [1.82, 2.24) is 4.98 Å². The minimum Gasteiger partial charge on any atom is -0.461 e. The van der Waals surface area contributed by atoms with E-state index in [2.05, 4.69) is 30.9 Å². The summed E-state index contributed by atoms with van der Waals surface area (Å²) in [5.41, 5.74) is 6.45. The zero-order chi connectivity index (χ0) is 17.7. The highest BCUT2D eigenvalue weighted by atomic mass is 32.1. The third kappa shape index (κ3) is 4.93. The average molecular weight is 353 g/mol. The first-order chi connectivity index (χ1) is 11.3. The van der Waals surface area contributed by atoms with Gasteiger partial charge < -0.3 is 15.3 Å². The molecule has 0 atom stereocenters. The molecule has 6 nitrogen and oxygen atoms in total. The Morgan fingerprint density at radius 2 is 2.04 bits per heavy atom. The van der Waals surface area contributed by atoms with Crippen molar-refractivity contribution in [2.75, 3.05) is 12.3 Å². The third-order valence-electron chi connectivity index (χ3n) is 4.43. The molecule has 1 heterocycles. The van der Waals surface area contributed by atoms with E-state index in [4.69, 9.17) is 15.3 Å². The van der Waals surface area contributed by atoms with Crippen LogP contribution < -0.4 is 5.73 Å². The molecule has 1 aromatic rings. The Kier molecular flexibility index (Phi) is 6.21. The van der Waals surface area contributed by atoms with E-state index in [1.165, 1.54) is 11.3 Å². The Labute approximate surface area is 147 Å². The van der Waals surface area contributed by atoms with E-state index in [1.54, 1.807) is 12.3 Å². The maximum Gasteiger partial charge on any atom is 0.362 e. The molecule has 2 N–H and O–H groups in total. The number of rotatable bonds is 5. The van der Waals surface area contributed by atoms with E-state index in [9.17, 15) is 4.79 Å². The number of nitrogen functional groups attached to an aromatic ring is 1. The van der Waals surface area contributed by atoms with Crippen LogP contribution in [0.5, 0.6) is 0 Å². The Balaban J connectivity index is 2.02. The summed E-state index contributed by atoms with van der Waals surface area (Å²) in [5.74, 6) is 0.162. The zero-order valence-electron chi connectivity index (χ0n) is 14.9. The molecular formula is C17H27N3O3S. The molecule has 0 bridgehead atoms. The number of thiazole rings is 1. The van der Waals surface area contributed by atoms with Crippen molar-refractivity contribution >= 4 is 28.1 Å². The van der Waals surface area contributed by atoms with E-state index >= 15 is 0 Å². The summed E-state index contributed by atoms with van der Waals surface area (Å²) < 4.78 is 5.04. The molecule has 0 saturated heterocycles. The lowest BCUT2D eigenvalue weighted by Crippen LogP contribution is -2.29. The van der Waals surface area contributed by atoms with Crippen molar-refractivity contribution in [1.29, 1.82) is 0 Å². The first kappa shape index (κ1) is 18.7. The molecule has 134 valence electrons. The second-order valence-electron chi connectivity index (χ2n) is 7.18. The number of esters is 1. The van der Waals surface area contributed by atoms with E-state index in [0.29, 0.717) is 22.2 Å². The summed E-state index contributed by atoms with van der Waals surface area (Å²) in [6.45, 7) is 8.86. The molecule has 0 unspecified atom stereocenters. The van der Waals surface area contributed by atoms with Crippen molar-refractivity contribution in [3.63, 3.8) is 0 Å². The number of carbonyl (C=O) groups excluding carboxylic acids is 1. The predicted octanol–water partition coefficient (Wildman–Crippen LogP) is 3.61. The van der Waals surface area contributed by atoms with Crippen molar-refractivity contribution < 1.29 is 14.4 Å². The number of nitrogens with two attached hydrogens (primary N) is 1. The van der Waals surface area contributed by atoms with Gasteiger partial charge in [-0.3, -0.25) is 0 Å². The van der Waals surface area contributed by atoms with E-state index in [-0.39, 0.29) is 18.4 Å². The minimum atomic E-state index is -0.536. The first-order valence-electron chi connectivity index (χ1n) is 8.43. The average Bonchev–Trinajstić information content (AvgIpc) is 2.93. The number of carbonyl (C=O) groups is 1. The Bertz CT molecular complexity index is 584. The smallest absolute Gasteiger partial charge is 0.362 e. The lowest BCUT2D eigenvalue weighted by atomic mass is 9.72. The fourth-order valence-electron chi connectivity index (χ4n) is 2.95. The summed E-state index contributed by atoms with van der Waals surface area (Å²) >= 11 is 1.26. The Morgan fingerprint density at radius 3 is 2.54 bits per heavy atom. The van der Waals surface area contributed by atoms with Crippen LogP contribution in [-0.4, -0.2) is 29.4 Å². The second kappa shape index (κ2) is 7.96. The highest BCUT2D eigenvalue weighted by molar-refractivity contribution is 7.13. The van der Waals surface area contributed by atoms with Gasteiger partial charge in [0.2, 0.25) is 5.71 Å². The molecule has 0 spiro atoms. The Hall–Kier alpha value is -1.63. The zero-order valence-corrected chi connectivity index (χ0v) is 15.7. The number of anilines is 1. The van der Waals surface area contributed by atoms with Crippen LogP contribution in [-0.2, 0) is 14.4 Å². The van der Waals surface area contributed by atoms with Crippen LogP contribution in [0.15, 0.2) is 10.5 Å². The number of ether oxygens (including phenoxy) is 1. The van der Waals surface area contributed by atoms with E-state index in [0.717, 1.165) is 25.7 Å². The van der Waals surface area contributed by atoms with Crippen LogP contribution in [0.4, 0.5) is 5.13 Å². The molecule has 2 rings (SSSR count). The van der Waals surface area contributed by atoms with Gasteiger partial charge in [-0.15, -0.1) is 11.3 Å². The van der Waals surface area contributed by atoms with Gasteiger partial charge in [0.1, 0.15) is 11.8 Å². The topological polar surface area (TPSA) is 86.8 Å². The summed E-state index contributed by atoms with van der Waals surface area (Å²) in [7, 11) is 0. The summed E-state index contributed by atoms with van der Waals surface area (Å²) in [6.07, 6.45) is 4.15. The normalized spacial score (nSPS) is 22.2. The quantitative estimate of drug-likeness (QED) is 0.496. The molecule has 1 aromatic heterocycles. The maximum atomic E-state index is 12.1. The van der Waals surface area contributed by atoms with Crippen molar-refractivity contribution in [3.05, 3.63) is 11.1 Å². The SMILES string of the molecule is CCOC(=O)/C(=N\OC1CCC(C(C)(C)C)CC1)c1csc(N)n1. The molecule has 7 heteroatoms. The van der Waals surface area contributed by atoms with Crippen LogP contribution in [0.25, 0.3) is 0 Å². The third-order valence-corrected chi connectivity index (χ3v) is 5.10. The first-order valence-corrected chi connectivity index (χ1v) is 9.31. The van der Waals surface area contributed by atoms with Gasteiger partial charge >= 0.3 is 5.97 Å². The number of nitrogens with zero attached hydrogens (tertiary/aromatic N) is 2. The van der Waals surface area contributed by atoms with Crippen LogP contribution in [0.1, 0.15) is 59.1 Å². The molecular weight excluding hydrogens is 326 g/mol. The molecule has 1 aliphatic carbocycles. The number of hydrogen-bond donors (Lipinski definition) is 1. The summed E-state index contributed by atoms with van der Waals surface area (Å²) in [4.78, 5) is 21.9. The molecule has 1 saturated carbocycles. The van der Waals surface area contributed by atoms with Gasteiger partial charge in [0.25, 0.3) is 0 Å². The minimum absolute atomic E-state index is 0.0315. The molecule has 24 heavy (non-hydrogen) atoms. The van der Waals surface area contributed by atoms with Crippen LogP contribution in [0.2, 0.25) is 0 Å². The highest BCUT2D eigenvalue weighted by Gasteiger charge is 2.31. The number of aromatic nitrogens is 1. The van der Waals surface area contributed by atoms with Crippen LogP contribution in [0, 0.1) is 11.3 Å². The van der Waals surface area contributed by atoms with Gasteiger partial charge in [-0.2, -0.15) is 0 Å². The van der Waals surface area contributed by atoms with Crippen LogP contribution >= 0.6 is 11.3 Å². The molecule has 0 aromatic carbocycles. The molecule has 1 aliphatic rings. The second-order valence-corrected chi connectivity index (χ2v) is 8.07.